The molecule has 0 aromatic heterocycles. The number of hydrogen-bond donors (Lipinski definition) is 1. The first-order valence-electron chi connectivity index (χ1n) is 7.40. The maximum atomic E-state index is 13.5. The van der Waals surface area contributed by atoms with Gasteiger partial charge < -0.3 is 10.2 Å². The first-order valence-corrected chi connectivity index (χ1v) is 7.40. The van der Waals surface area contributed by atoms with Gasteiger partial charge in [0.05, 0.1) is 0 Å². The summed E-state index contributed by atoms with van der Waals surface area (Å²) < 4.78 is 13.5. The van der Waals surface area contributed by atoms with Gasteiger partial charge in [0.1, 0.15) is 5.82 Å². The molecular weight excluding hydrogens is 239 g/mol. The molecule has 1 heterocycles. The van der Waals surface area contributed by atoms with E-state index < -0.39 is 0 Å². The lowest BCUT2D eigenvalue weighted by Crippen LogP contribution is -2.48. The highest BCUT2D eigenvalue weighted by atomic mass is 19.1. The lowest BCUT2D eigenvalue weighted by atomic mass is 9.93. The van der Waals surface area contributed by atoms with Crippen molar-refractivity contribution in [3.05, 3.63) is 35.6 Å². The monoisotopic (exact) mass is 264 g/mol. The average molecular weight is 264 g/mol. The van der Waals surface area contributed by atoms with Crippen molar-refractivity contribution in [2.24, 2.45) is 5.92 Å². The van der Waals surface area contributed by atoms with Crippen molar-refractivity contribution in [3.63, 3.8) is 0 Å². The van der Waals surface area contributed by atoms with E-state index in [0.717, 1.165) is 25.1 Å². The van der Waals surface area contributed by atoms with Gasteiger partial charge in [-0.15, -0.1) is 0 Å². The molecule has 0 unspecified atom stereocenters. The molecule has 1 N–H and O–H groups in total. The number of nitrogens with zero attached hydrogens (tertiary/aromatic N) is 1. The van der Waals surface area contributed by atoms with Gasteiger partial charge >= 0.3 is 0 Å². The molecule has 0 radical (unpaired) electrons. The quantitative estimate of drug-likeness (QED) is 0.879. The molecule has 3 heteroatoms. The predicted molar refractivity (Wildman–Crippen MR) is 77.8 cm³/mol. The van der Waals surface area contributed by atoms with Gasteiger partial charge in [0.25, 0.3) is 0 Å². The molecule has 1 aromatic carbocycles. The molecule has 2 nitrogen and oxygen atoms in total. The van der Waals surface area contributed by atoms with Crippen LogP contribution in [0.1, 0.15) is 25.8 Å². The molecule has 1 aromatic rings. The van der Waals surface area contributed by atoms with Gasteiger partial charge in [0, 0.05) is 12.6 Å². The molecule has 2 atom stereocenters. The summed E-state index contributed by atoms with van der Waals surface area (Å²) in [4.78, 5) is 2.50. The molecule has 1 saturated heterocycles. The van der Waals surface area contributed by atoms with Crippen LogP contribution in [0.25, 0.3) is 0 Å². The lowest BCUT2D eigenvalue weighted by Gasteiger charge is -2.37. The zero-order valence-corrected chi connectivity index (χ0v) is 12.0. The summed E-state index contributed by atoms with van der Waals surface area (Å²) in [6.45, 7) is 8.89. The summed E-state index contributed by atoms with van der Waals surface area (Å²) in [5, 5.41) is 3.60. The van der Waals surface area contributed by atoms with Crippen molar-refractivity contribution >= 4 is 0 Å². The number of piperidine rings is 1. The van der Waals surface area contributed by atoms with E-state index in [0.29, 0.717) is 12.0 Å². The van der Waals surface area contributed by atoms with Crippen molar-refractivity contribution in [3.8, 4) is 0 Å². The molecule has 0 amide bonds. The summed E-state index contributed by atoms with van der Waals surface area (Å²) in [5.41, 5.74) is 0.814. The summed E-state index contributed by atoms with van der Waals surface area (Å²) in [7, 11) is 0. The molecule has 19 heavy (non-hydrogen) atoms. The molecule has 106 valence electrons. The van der Waals surface area contributed by atoms with E-state index >= 15 is 0 Å². The van der Waals surface area contributed by atoms with Gasteiger partial charge in [0.15, 0.2) is 0 Å². The third-order valence-corrected chi connectivity index (χ3v) is 4.20. The van der Waals surface area contributed by atoms with E-state index in [2.05, 4.69) is 24.1 Å². The smallest absolute Gasteiger partial charge is 0.126 e. The topological polar surface area (TPSA) is 15.3 Å². The first kappa shape index (κ1) is 14.5. The van der Waals surface area contributed by atoms with Crippen LogP contribution in [0.2, 0.25) is 0 Å². The normalized spacial score (nSPS) is 24.6. The predicted octanol–water partition coefficient (Wildman–Crippen LogP) is 2.69. The number of rotatable bonds is 5. The highest BCUT2D eigenvalue weighted by Crippen LogP contribution is 2.16. The Morgan fingerprint density at radius 3 is 2.84 bits per heavy atom. The second-order valence-electron chi connectivity index (χ2n) is 5.56. The van der Waals surface area contributed by atoms with Crippen molar-refractivity contribution in [2.75, 3.05) is 26.2 Å². The second kappa shape index (κ2) is 7.01. The minimum absolute atomic E-state index is 0.0850. The minimum Gasteiger partial charge on any atom is -0.313 e. The Morgan fingerprint density at radius 1 is 1.37 bits per heavy atom. The molecule has 0 saturated carbocycles. The molecule has 1 aliphatic heterocycles. The fraction of sp³-hybridized carbons (Fsp3) is 0.625. The van der Waals surface area contributed by atoms with Gasteiger partial charge in [-0.2, -0.15) is 0 Å². The van der Waals surface area contributed by atoms with Crippen LogP contribution >= 0.6 is 0 Å². The standard InChI is InChI=1S/C16H25FN2/c1-3-19-11-9-16(13(2)12-19)18-10-8-14-6-4-5-7-15(14)17/h4-7,13,16,18H,3,8-12H2,1-2H3/t13-,16-/m1/s1. The molecule has 1 fully saturated rings. The van der Waals surface area contributed by atoms with Crippen molar-refractivity contribution in [2.45, 2.75) is 32.7 Å². The molecule has 0 spiro atoms. The van der Waals surface area contributed by atoms with Gasteiger partial charge in [-0.05, 0) is 50.0 Å². The largest absolute Gasteiger partial charge is 0.313 e. The van der Waals surface area contributed by atoms with Crippen molar-refractivity contribution in [1.29, 1.82) is 0 Å². The Morgan fingerprint density at radius 2 is 2.16 bits per heavy atom. The first-order chi connectivity index (χ1) is 9.20. The zero-order valence-electron chi connectivity index (χ0n) is 12.0. The van der Waals surface area contributed by atoms with E-state index in [1.54, 1.807) is 6.07 Å². The van der Waals surface area contributed by atoms with Crippen LogP contribution in [0.15, 0.2) is 24.3 Å². The molecular formula is C16H25FN2. The van der Waals surface area contributed by atoms with E-state index in [4.69, 9.17) is 0 Å². The van der Waals surface area contributed by atoms with Gasteiger partial charge in [-0.25, -0.2) is 4.39 Å². The molecule has 1 aliphatic rings. The molecule has 2 rings (SSSR count). The third kappa shape index (κ3) is 4.02. The maximum Gasteiger partial charge on any atom is 0.126 e. The number of hydrogen-bond acceptors (Lipinski definition) is 2. The van der Waals surface area contributed by atoms with E-state index in [9.17, 15) is 4.39 Å². The molecule has 0 aliphatic carbocycles. The summed E-state index contributed by atoms with van der Waals surface area (Å²) in [6.07, 6.45) is 1.97. The van der Waals surface area contributed by atoms with Crippen LogP contribution < -0.4 is 5.32 Å². The Balaban J connectivity index is 1.76. The Bertz CT molecular complexity index is 394. The van der Waals surface area contributed by atoms with Crippen LogP contribution in [0, 0.1) is 11.7 Å². The fourth-order valence-electron chi connectivity index (χ4n) is 2.92. The van der Waals surface area contributed by atoms with Crippen LogP contribution in [-0.4, -0.2) is 37.1 Å². The number of halogens is 1. The highest BCUT2D eigenvalue weighted by Gasteiger charge is 2.24. The van der Waals surface area contributed by atoms with Crippen LogP contribution in [0.3, 0.4) is 0 Å². The summed E-state index contributed by atoms with van der Waals surface area (Å²) in [5.74, 6) is 0.590. The Hall–Kier alpha value is -0.930. The Labute approximate surface area is 116 Å². The van der Waals surface area contributed by atoms with Gasteiger partial charge in [-0.3, -0.25) is 0 Å². The average Bonchev–Trinajstić information content (AvgIpc) is 2.42. The second-order valence-corrected chi connectivity index (χ2v) is 5.56. The van der Waals surface area contributed by atoms with Crippen LogP contribution in [0.4, 0.5) is 4.39 Å². The summed E-state index contributed by atoms with van der Waals surface area (Å²) in [6, 6.07) is 7.64. The van der Waals surface area contributed by atoms with Gasteiger partial charge in [-0.1, -0.05) is 32.0 Å². The zero-order chi connectivity index (χ0) is 13.7. The number of benzene rings is 1. The third-order valence-electron chi connectivity index (χ3n) is 4.20. The van der Waals surface area contributed by atoms with Crippen molar-refractivity contribution in [1.82, 2.24) is 10.2 Å². The fourth-order valence-corrected chi connectivity index (χ4v) is 2.92. The lowest BCUT2D eigenvalue weighted by molar-refractivity contribution is 0.154. The Kier molecular flexibility index (Phi) is 5.34. The maximum absolute atomic E-state index is 13.5. The summed E-state index contributed by atoms with van der Waals surface area (Å²) >= 11 is 0. The van der Waals surface area contributed by atoms with Crippen molar-refractivity contribution < 1.29 is 4.39 Å². The number of nitrogens with one attached hydrogen (secondary N) is 1. The van der Waals surface area contributed by atoms with Crippen LogP contribution in [0.5, 0.6) is 0 Å². The highest BCUT2D eigenvalue weighted by molar-refractivity contribution is 5.17. The van der Waals surface area contributed by atoms with Crippen LogP contribution in [-0.2, 0) is 6.42 Å². The van der Waals surface area contributed by atoms with E-state index in [1.807, 2.05) is 12.1 Å². The van der Waals surface area contributed by atoms with E-state index in [1.165, 1.54) is 25.6 Å². The number of likely N-dealkylation sites (tertiary alicyclic amines) is 1. The minimum atomic E-state index is -0.0850. The molecule has 0 bridgehead atoms. The van der Waals surface area contributed by atoms with Gasteiger partial charge in [0.2, 0.25) is 0 Å². The van der Waals surface area contributed by atoms with E-state index in [-0.39, 0.29) is 5.82 Å². The SMILES string of the molecule is CCN1CC[C@@H](NCCc2ccccc2F)[C@H](C)C1.